The molecule has 3 heterocycles. The molecule has 3 N–H and O–H groups in total. The number of carbonyl (C=O) groups excluding carboxylic acids is 1. The van der Waals surface area contributed by atoms with Crippen LogP contribution in [0.3, 0.4) is 0 Å². The molecule has 27 heavy (non-hydrogen) atoms. The van der Waals surface area contributed by atoms with Crippen molar-refractivity contribution in [3.63, 3.8) is 0 Å². The molecule has 1 atom stereocenters. The predicted molar refractivity (Wildman–Crippen MR) is 97.1 cm³/mol. The third kappa shape index (κ3) is 4.85. The molecular formula is C17H24N6O4. The zero-order chi connectivity index (χ0) is 19.4. The van der Waals surface area contributed by atoms with Crippen molar-refractivity contribution in [2.24, 2.45) is 0 Å². The molecule has 1 fully saturated rings. The van der Waals surface area contributed by atoms with Crippen molar-refractivity contribution in [3.05, 3.63) is 18.5 Å². The van der Waals surface area contributed by atoms with E-state index in [-0.39, 0.29) is 24.6 Å². The number of carbonyl (C=O) groups is 1. The molecular weight excluding hydrogens is 352 g/mol. The van der Waals surface area contributed by atoms with E-state index in [0.29, 0.717) is 31.1 Å². The number of nitrogens with one attached hydrogen (secondary N) is 1. The van der Waals surface area contributed by atoms with Crippen LogP contribution in [0.5, 0.6) is 5.75 Å². The molecule has 1 saturated heterocycles. The van der Waals surface area contributed by atoms with E-state index >= 15 is 0 Å². The fourth-order valence-corrected chi connectivity index (χ4v) is 2.61. The van der Waals surface area contributed by atoms with Crippen LogP contribution in [0.15, 0.2) is 18.5 Å². The molecule has 146 valence electrons. The lowest BCUT2D eigenvalue weighted by Gasteiger charge is -2.34. The molecule has 0 aromatic carbocycles. The van der Waals surface area contributed by atoms with E-state index in [9.17, 15) is 4.79 Å². The van der Waals surface area contributed by atoms with Gasteiger partial charge in [-0.15, -0.1) is 0 Å². The Labute approximate surface area is 157 Å². The normalized spacial score (nSPS) is 17.6. The molecule has 3 rings (SSSR count). The summed E-state index contributed by atoms with van der Waals surface area (Å²) in [5.74, 6) is 0.655. The van der Waals surface area contributed by atoms with Crippen LogP contribution in [0.2, 0.25) is 0 Å². The lowest BCUT2D eigenvalue weighted by molar-refractivity contribution is -0.0555. The van der Waals surface area contributed by atoms with Crippen LogP contribution in [0.25, 0.3) is 11.3 Å². The SMILES string of the molecule is CC(C)(C)OC(=O)N1CCOC(COc2c(N)n[nH]c2-c2ccnnc2)C1. The Balaban J connectivity index is 1.62. The molecule has 10 heteroatoms. The Morgan fingerprint density at radius 2 is 2.26 bits per heavy atom. The molecule has 0 spiro atoms. The van der Waals surface area contributed by atoms with Gasteiger partial charge in [-0.2, -0.15) is 15.3 Å². The lowest BCUT2D eigenvalue weighted by atomic mass is 10.2. The molecule has 0 bridgehead atoms. The van der Waals surface area contributed by atoms with Crippen LogP contribution in [0.4, 0.5) is 10.6 Å². The van der Waals surface area contributed by atoms with Crippen LogP contribution < -0.4 is 10.5 Å². The summed E-state index contributed by atoms with van der Waals surface area (Å²) in [4.78, 5) is 13.9. The molecule has 0 aliphatic carbocycles. The van der Waals surface area contributed by atoms with Gasteiger partial charge in [0.2, 0.25) is 0 Å². The molecule has 0 saturated carbocycles. The Morgan fingerprint density at radius 3 is 2.96 bits per heavy atom. The van der Waals surface area contributed by atoms with Crippen molar-refractivity contribution < 1.29 is 19.0 Å². The summed E-state index contributed by atoms with van der Waals surface area (Å²) in [6, 6.07) is 1.77. The summed E-state index contributed by atoms with van der Waals surface area (Å²) in [7, 11) is 0. The summed E-state index contributed by atoms with van der Waals surface area (Å²) < 4.78 is 17.0. The number of hydrogen-bond acceptors (Lipinski definition) is 8. The molecule has 2 aromatic rings. The van der Waals surface area contributed by atoms with Gasteiger partial charge in [0, 0.05) is 12.1 Å². The summed E-state index contributed by atoms with van der Waals surface area (Å²) >= 11 is 0. The van der Waals surface area contributed by atoms with Gasteiger partial charge in [0.25, 0.3) is 0 Å². The maximum atomic E-state index is 12.2. The smallest absolute Gasteiger partial charge is 0.410 e. The maximum Gasteiger partial charge on any atom is 0.410 e. The van der Waals surface area contributed by atoms with Gasteiger partial charge in [0.1, 0.15) is 24.0 Å². The van der Waals surface area contributed by atoms with E-state index in [0.717, 1.165) is 5.56 Å². The number of amides is 1. The largest absolute Gasteiger partial charge is 0.485 e. The van der Waals surface area contributed by atoms with Gasteiger partial charge < -0.3 is 24.8 Å². The van der Waals surface area contributed by atoms with Crippen LogP contribution in [0, 0.1) is 0 Å². The monoisotopic (exact) mass is 376 g/mol. The van der Waals surface area contributed by atoms with Crippen LogP contribution >= 0.6 is 0 Å². The summed E-state index contributed by atoms with van der Waals surface area (Å²) in [6.45, 7) is 6.99. The molecule has 1 unspecified atom stereocenters. The van der Waals surface area contributed by atoms with Crippen molar-refractivity contribution >= 4 is 11.9 Å². The van der Waals surface area contributed by atoms with Crippen molar-refractivity contribution in [2.75, 3.05) is 32.0 Å². The number of H-pyrrole nitrogens is 1. The zero-order valence-electron chi connectivity index (χ0n) is 15.6. The third-order valence-corrected chi connectivity index (χ3v) is 3.82. The van der Waals surface area contributed by atoms with Crippen molar-refractivity contribution in [2.45, 2.75) is 32.5 Å². The van der Waals surface area contributed by atoms with E-state index in [4.69, 9.17) is 19.9 Å². The lowest BCUT2D eigenvalue weighted by Crippen LogP contribution is -2.49. The Bertz CT molecular complexity index is 773. The number of aromatic amines is 1. The topological polar surface area (TPSA) is 128 Å². The summed E-state index contributed by atoms with van der Waals surface area (Å²) in [5, 5.41) is 14.4. The molecule has 0 radical (unpaired) electrons. The van der Waals surface area contributed by atoms with Crippen molar-refractivity contribution in [1.29, 1.82) is 0 Å². The highest BCUT2D eigenvalue weighted by molar-refractivity contribution is 5.71. The average Bonchev–Trinajstić information content (AvgIpc) is 3.00. The number of nitrogens with zero attached hydrogens (tertiary/aromatic N) is 4. The number of rotatable bonds is 4. The van der Waals surface area contributed by atoms with Gasteiger partial charge in [0.15, 0.2) is 11.6 Å². The Hall–Kier alpha value is -2.88. The van der Waals surface area contributed by atoms with Gasteiger partial charge in [-0.25, -0.2) is 4.79 Å². The number of aromatic nitrogens is 4. The predicted octanol–water partition coefficient (Wildman–Crippen LogP) is 1.46. The quantitative estimate of drug-likeness (QED) is 0.821. The summed E-state index contributed by atoms with van der Waals surface area (Å²) in [5.41, 5.74) is 6.74. The molecule has 1 amide bonds. The highest BCUT2D eigenvalue weighted by atomic mass is 16.6. The van der Waals surface area contributed by atoms with E-state index in [1.807, 2.05) is 20.8 Å². The number of nitrogens with two attached hydrogens (primary N) is 1. The highest BCUT2D eigenvalue weighted by Gasteiger charge is 2.29. The minimum absolute atomic E-state index is 0.217. The van der Waals surface area contributed by atoms with Crippen LogP contribution in [0.1, 0.15) is 20.8 Å². The second-order valence-electron chi connectivity index (χ2n) is 7.17. The fourth-order valence-electron chi connectivity index (χ4n) is 2.61. The van der Waals surface area contributed by atoms with E-state index in [2.05, 4.69) is 20.4 Å². The van der Waals surface area contributed by atoms with Gasteiger partial charge >= 0.3 is 6.09 Å². The van der Waals surface area contributed by atoms with Crippen molar-refractivity contribution in [3.8, 4) is 17.0 Å². The fraction of sp³-hybridized carbons (Fsp3) is 0.529. The zero-order valence-corrected chi connectivity index (χ0v) is 15.6. The maximum absolute atomic E-state index is 12.2. The third-order valence-electron chi connectivity index (χ3n) is 3.82. The first-order valence-electron chi connectivity index (χ1n) is 8.67. The van der Waals surface area contributed by atoms with Gasteiger partial charge in [0.05, 0.1) is 25.5 Å². The molecule has 10 nitrogen and oxygen atoms in total. The molecule has 1 aliphatic heterocycles. The van der Waals surface area contributed by atoms with E-state index in [1.165, 1.54) is 0 Å². The van der Waals surface area contributed by atoms with Gasteiger partial charge in [-0.3, -0.25) is 5.10 Å². The van der Waals surface area contributed by atoms with E-state index in [1.54, 1.807) is 23.4 Å². The molecule has 1 aliphatic rings. The number of morpholine rings is 1. The molecule has 2 aromatic heterocycles. The van der Waals surface area contributed by atoms with Gasteiger partial charge in [-0.1, -0.05) is 0 Å². The first-order valence-corrected chi connectivity index (χ1v) is 8.67. The summed E-state index contributed by atoms with van der Waals surface area (Å²) in [6.07, 6.45) is 2.49. The second kappa shape index (κ2) is 7.78. The second-order valence-corrected chi connectivity index (χ2v) is 7.17. The first-order chi connectivity index (χ1) is 12.8. The van der Waals surface area contributed by atoms with Crippen molar-refractivity contribution in [1.82, 2.24) is 25.3 Å². The van der Waals surface area contributed by atoms with Gasteiger partial charge in [-0.05, 0) is 26.8 Å². The Kier molecular flexibility index (Phi) is 5.45. The van der Waals surface area contributed by atoms with Crippen LogP contribution in [-0.4, -0.2) is 69.4 Å². The standard InChI is InChI=1S/C17H24N6O4/c1-17(2,3)27-16(24)23-6-7-25-12(9-23)10-26-14-13(21-22-15(14)18)11-4-5-19-20-8-11/h4-5,8,12H,6-7,9-10H2,1-3H3,(H3,18,21,22). The average molecular weight is 376 g/mol. The van der Waals surface area contributed by atoms with Crippen LogP contribution in [-0.2, 0) is 9.47 Å². The minimum atomic E-state index is -0.542. The highest BCUT2D eigenvalue weighted by Crippen LogP contribution is 2.32. The minimum Gasteiger partial charge on any atom is -0.485 e. The first kappa shape index (κ1) is 18.9. The Morgan fingerprint density at radius 1 is 1.44 bits per heavy atom. The number of hydrogen-bond donors (Lipinski definition) is 2. The number of ether oxygens (including phenoxy) is 3. The van der Waals surface area contributed by atoms with E-state index < -0.39 is 5.60 Å². The number of anilines is 1. The number of nitrogen functional groups attached to an aromatic ring is 1.